The maximum atomic E-state index is 12.5. The number of aryl methyl sites for hydroxylation is 2. The number of anilines is 1. The van der Waals surface area contributed by atoms with Gasteiger partial charge in [-0.1, -0.05) is 18.2 Å². The molecule has 0 unspecified atom stereocenters. The second-order valence-electron chi connectivity index (χ2n) is 5.79. The molecule has 0 aliphatic carbocycles. The molecule has 2 aromatic rings. The van der Waals surface area contributed by atoms with Gasteiger partial charge in [0.05, 0.1) is 23.7 Å². The van der Waals surface area contributed by atoms with Gasteiger partial charge in [-0.25, -0.2) is 0 Å². The number of benzene rings is 2. The minimum absolute atomic E-state index is 0.000113. The monoisotopic (exact) mass is 392 g/mol. The Morgan fingerprint density at radius 3 is 2.39 bits per heavy atom. The van der Waals surface area contributed by atoms with Crippen molar-refractivity contribution in [2.24, 2.45) is 0 Å². The van der Waals surface area contributed by atoms with Crippen LogP contribution in [0.1, 0.15) is 16.7 Å². The van der Waals surface area contributed by atoms with Crippen molar-refractivity contribution in [1.82, 2.24) is 0 Å². The van der Waals surface area contributed by atoms with E-state index in [2.05, 4.69) is 10.1 Å². The van der Waals surface area contributed by atoms with Crippen molar-refractivity contribution in [2.45, 2.75) is 20.5 Å². The first-order valence-corrected chi connectivity index (χ1v) is 8.09. The lowest BCUT2D eigenvalue weighted by Crippen LogP contribution is -2.10. The minimum Gasteiger partial charge on any atom is -0.493 e. The molecule has 0 aromatic heterocycles. The number of carbonyl (C=O) groups excluding carboxylic acids is 1. The van der Waals surface area contributed by atoms with Gasteiger partial charge in [-0.15, -0.1) is 0 Å². The number of rotatable bonds is 7. The van der Waals surface area contributed by atoms with Crippen molar-refractivity contribution in [3.8, 4) is 11.5 Å². The number of nitrogens with zero attached hydrogens (tertiary/aromatic N) is 1. The molecule has 0 atom stereocenters. The van der Waals surface area contributed by atoms with Crippen LogP contribution in [0.25, 0.3) is 6.08 Å². The summed E-state index contributed by atoms with van der Waals surface area (Å²) >= 11 is 0. The summed E-state index contributed by atoms with van der Waals surface area (Å²) in [6.45, 7) is 0.506. The summed E-state index contributed by atoms with van der Waals surface area (Å²) in [7, 11) is 1.21. The number of hydrogen-bond acceptors (Lipinski definition) is 5. The third kappa shape index (κ3) is 5.03. The molecule has 0 aliphatic rings. The number of halogens is 2. The zero-order valence-corrected chi connectivity index (χ0v) is 15.4. The highest BCUT2D eigenvalue weighted by Crippen LogP contribution is 2.36. The summed E-state index contributed by atoms with van der Waals surface area (Å²) in [6.07, 6.45) is 2.32. The zero-order valence-electron chi connectivity index (χ0n) is 15.4. The van der Waals surface area contributed by atoms with Crippen molar-refractivity contribution < 1.29 is 28.0 Å². The fourth-order valence-electron chi connectivity index (χ4n) is 2.55. The number of ether oxygens (including phenoxy) is 2. The van der Waals surface area contributed by atoms with Crippen LogP contribution in [0.5, 0.6) is 11.5 Å². The van der Waals surface area contributed by atoms with E-state index in [4.69, 9.17) is 4.74 Å². The van der Waals surface area contributed by atoms with Crippen molar-refractivity contribution in [1.29, 1.82) is 0 Å². The summed E-state index contributed by atoms with van der Waals surface area (Å²) in [5, 5.41) is 14.0. The summed E-state index contributed by atoms with van der Waals surface area (Å²) < 4.78 is 34.2. The van der Waals surface area contributed by atoms with Crippen LogP contribution in [0.15, 0.2) is 36.4 Å². The van der Waals surface area contributed by atoms with Crippen LogP contribution in [-0.2, 0) is 4.79 Å². The van der Waals surface area contributed by atoms with Crippen LogP contribution in [0.4, 0.5) is 20.2 Å². The van der Waals surface area contributed by atoms with Crippen LogP contribution >= 0.6 is 0 Å². The normalized spacial score (nSPS) is 10.9. The number of hydrogen-bond donors (Lipinski definition) is 1. The number of nitro benzene ring substituents is 1. The quantitative estimate of drug-likeness (QED) is 0.426. The summed E-state index contributed by atoms with van der Waals surface area (Å²) in [5.74, 6) is -1.10. The number of carbonyl (C=O) groups is 1. The Hall–Kier alpha value is -3.49. The highest BCUT2D eigenvalue weighted by atomic mass is 19.3. The first-order chi connectivity index (χ1) is 13.2. The Labute approximate surface area is 159 Å². The molecule has 9 heteroatoms. The molecule has 0 radical (unpaired) electrons. The van der Waals surface area contributed by atoms with E-state index in [1.165, 1.54) is 13.2 Å². The Morgan fingerprint density at radius 2 is 1.86 bits per heavy atom. The first-order valence-electron chi connectivity index (χ1n) is 8.09. The van der Waals surface area contributed by atoms with Gasteiger partial charge >= 0.3 is 6.61 Å². The molecule has 0 fully saturated rings. The molecule has 1 amide bonds. The Balaban J connectivity index is 2.33. The Kier molecular flexibility index (Phi) is 6.64. The number of methoxy groups -OCH3 is 1. The molecule has 2 aromatic carbocycles. The second kappa shape index (κ2) is 8.94. The van der Waals surface area contributed by atoms with Crippen LogP contribution in [0, 0.1) is 24.0 Å². The molecule has 0 aliphatic heterocycles. The molecule has 28 heavy (non-hydrogen) atoms. The van der Waals surface area contributed by atoms with E-state index < -0.39 is 28.9 Å². The van der Waals surface area contributed by atoms with Crippen LogP contribution in [0.2, 0.25) is 0 Å². The predicted molar refractivity (Wildman–Crippen MR) is 99.9 cm³/mol. The molecule has 0 saturated heterocycles. The minimum atomic E-state index is -3.17. The molecule has 2 rings (SSSR count). The highest BCUT2D eigenvalue weighted by molar-refractivity contribution is 6.03. The zero-order chi connectivity index (χ0) is 20.8. The van der Waals surface area contributed by atoms with Crippen molar-refractivity contribution in [3.63, 3.8) is 0 Å². The third-order valence-electron chi connectivity index (χ3n) is 3.87. The average Bonchev–Trinajstić information content (AvgIpc) is 2.62. The van der Waals surface area contributed by atoms with Gasteiger partial charge in [0.25, 0.3) is 5.69 Å². The number of nitrogens with one attached hydrogen (secondary N) is 1. The molecule has 1 N–H and O–H groups in total. The van der Waals surface area contributed by atoms with E-state index in [-0.39, 0.29) is 11.3 Å². The average molecular weight is 392 g/mol. The molecule has 0 bridgehead atoms. The molecule has 0 saturated carbocycles. The van der Waals surface area contributed by atoms with Crippen LogP contribution in [0.3, 0.4) is 0 Å². The van der Waals surface area contributed by atoms with Gasteiger partial charge in [-0.05, 0) is 37.1 Å². The lowest BCUT2D eigenvalue weighted by molar-refractivity contribution is -0.385. The molecular formula is C19H18F2N2O5. The van der Waals surface area contributed by atoms with Gasteiger partial charge in [0.2, 0.25) is 5.91 Å². The maximum absolute atomic E-state index is 12.5. The lowest BCUT2D eigenvalue weighted by Gasteiger charge is -2.11. The molecule has 0 heterocycles. The third-order valence-corrected chi connectivity index (χ3v) is 3.87. The fourth-order valence-corrected chi connectivity index (χ4v) is 2.55. The molecule has 0 spiro atoms. The lowest BCUT2D eigenvalue weighted by atomic mass is 10.1. The number of amides is 1. The van der Waals surface area contributed by atoms with E-state index in [0.717, 1.165) is 29.3 Å². The summed E-state index contributed by atoms with van der Waals surface area (Å²) in [6, 6.07) is 7.51. The van der Waals surface area contributed by atoms with Gasteiger partial charge in [0.15, 0.2) is 11.5 Å². The van der Waals surface area contributed by atoms with E-state index in [1.807, 2.05) is 32.0 Å². The summed E-state index contributed by atoms with van der Waals surface area (Å²) in [5.41, 5.74) is 1.86. The summed E-state index contributed by atoms with van der Waals surface area (Å²) in [4.78, 5) is 22.7. The van der Waals surface area contributed by atoms with E-state index >= 15 is 0 Å². The second-order valence-corrected chi connectivity index (χ2v) is 5.79. The predicted octanol–water partition coefficient (Wildman–Crippen LogP) is 4.47. The van der Waals surface area contributed by atoms with Gasteiger partial charge < -0.3 is 14.8 Å². The van der Waals surface area contributed by atoms with Crippen LogP contribution in [-0.4, -0.2) is 24.6 Å². The van der Waals surface area contributed by atoms with Crippen molar-refractivity contribution in [3.05, 3.63) is 63.2 Å². The van der Waals surface area contributed by atoms with Crippen LogP contribution < -0.4 is 14.8 Å². The van der Waals surface area contributed by atoms with Crippen molar-refractivity contribution in [2.75, 3.05) is 12.4 Å². The maximum Gasteiger partial charge on any atom is 0.387 e. The van der Waals surface area contributed by atoms with E-state index in [9.17, 15) is 23.7 Å². The van der Waals surface area contributed by atoms with Gasteiger partial charge in [0.1, 0.15) is 0 Å². The Bertz CT molecular complexity index is 909. The van der Waals surface area contributed by atoms with E-state index in [0.29, 0.717) is 5.69 Å². The largest absolute Gasteiger partial charge is 0.493 e. The standard InChI is InChI=1S/C19H18F2N2O5/c1-11-5-4-6-12(2)18(11)22-17(24)8-7-13-9-15(27-3)16(28-19(20)21)10-14(13)23(25)26/h4-10,19H,1-3H3,(H,22,24)/b8-7+. The highest BCUT2D eigenvalue weighted by Gasteiger charge is 2.20. The first kappa shape index (κ1) is 20.8. The van der Waals surface area contributed by atoms with Crippen molar-refractivity contribution >= 4 is 23.4 Å². The number of para-hydroxylation sites is 1. The molecule has 7 nitrogen and oxygen atoms in total. The molecular weight excluding hydrogens is 374 g/mol. The smallest absolute Gasteiger partial charge is 0.387 e. The van der Waals surface area contributed by atoms with E-state index in [1.54, 1.807) is 0 Å². The van der Waals surface area contributed by atoms with Gasteiger partial charge in [-0.3, -0.25) is 14.9 Å². The topological polar surface area (TPSA) is 90.7 Å². The molecule has 148 valence electrons. The number of nitro groups is 1. The fraction of sp³-hybridized carbons (Fsp3) is 0.211. The Morgan fingerprint density at radius 1 is 1.21 bits per heavy atom. The van der Waals surface area contributed by atoms with Gasteiger partial charge in [0, 0.05) is 11.8 Å². The number of alkyl halides is 2. The van der Waals surface area contributed by atoms with Gasteiger partial charge in [-0.2, -0.15) is 8.78 Å². The SMILES string of the molecule is COc1cc(/C=C/C(=O)Nc2c(C)cccc2C)c([N+](=O)[O-])cc1OC(F)F.